The summed E-state index contributed by atoms with van der Waals surface area (Å²) in [7, 11) is 0. The quantitative estimate of drug-likeness (QED) is 0.887. The van der Waals surface area contributed by atoms with Crippen molar-refractivity contribution in [3.05, 3.63) is 28.8 Å². The van der Waals surface area contributed by atoms with E-state index in [0.29, 0.717) is 16.6 Å². The molecule has 1 aliphatic carbocycles. The molecule has 104 valence electrons. The molecule has 0 bridgehead atoms. The highest BCUT2D eigenvalue weighted by Gasteiger charge is 2.24. The first-order chi connectivity index (χ1) is 8.97. The molecule has 2 rings (SSSR count). The Morgan fingerprint density at radius 1 is 1.32 bits per heavy atom. The molecule has 1 fully saturated rings. The monoisotopic (exact) mass is 280 g/mol. The lowest BCUT2D eigenvalue weighted by molar-refractivity contribution is 0.100. The van der Waals surface area contributed by atoms with Crippen molar-refractivity contribution in [1.82, 2.24) is 0 Å². The molecule has 4 heteroatoms. The SMILES string of the molecule is CC1CCC(Nc2ccc(C(N)=O)c(Cl)c2)CC1C. The largest absolute Gasteiger partial charge is 0.382 e. The highest BCUT2D eigenvalue weighted by molar-refractivity contribution is 6.34. The number of rotatable bonds is 3. The van der Waals surface area contributed by atoms with Crippen LogP contribution in [-0.2, 0) is 0 Å². The van der Waals surface area contributed by atoms with Crippen molar-refractivity contribution >= 4 is 23.2 Å². The van der Waals surface area contributed by atoms with Crippen molar-refractivity contribution in [2.45, 2.75) is 39.2 Å². The van der Waals surface area contributed by atoms with E-state index in [1.165, 1.54) is 19.3 Å². The van der Waals surface area contributed by atoms with E-state index in [0.717, 1.165) is 17.5 Å². The van der Waals surface area contributed by atoms with Gasteiger partial charge in [-0.1, -0.05) is 25.4 Å². The number of amides is 1. The summed E-state index contributed by atoms with van der Waals surface area (Å²) < 4.78 is 0. The number of carbonyl (C=O) groups excluding carboxylic acids is 1. The number of hydrogen-bond donors (Lipinski definition) is 2. The molecule has 1 aromatic rings. The van der Waals surface area contributed by atoms with Gasteiger partial charge in [0.1, 0.15) is 0 Å². The summed E-state index contributed by atoms with van der Waals surface area (Å²) in [6, 6.07) is 5.82. The number of carbonyl (C=O) groups is 1. The lowest BCUT2D eigenvalue weighted by atomic mass is 9.79. The van der Waals surface area contributed by atoms with Crippen LogP contribution < -0.4 is 11.1 Å². The van der Waals surface area contributed by atoms with Crippen LogP contribution in [0.1, 0.15) is 43.5 Å². The van der Waals surface area contributed by atoms with Crippen LogP contribution >= 0.6 is 11.6 Å². The molecule has 3 nitrogen and oxygen atoms in total. The number of anilines is 1. The molecule has 19 heavy (non-hydrogen) atoms. The van der Waals surface area contributed by atoms with Crippen LogP contribution in [0.25, 0.3) is 0 Å². The van der Waals surface area contributed by atoms with Crippen LogP contribution in [-0.4, -0.2) is 11.9 Å². The molecular weight excluding hydrogens is 260 g/mol. The van der Waals surface area contributed by atoms with Crippen molar-refractivity contribution < 1.29 is 4.79 Å². The summed E-state index contributed by atoms with van der Waals surface area (Å²) >= 11 is 6.05. The second-order valence-electron chi connectivity index (χ2n) is 5.67. The molecule has 3 unspecified atom stereocenters. The summed E-state index contributed by atoms with van der Waals surface area (Å²) in [5.74, 6) is 1.06. The first kappa shape index (κ1) is 14.2. The topological polar surface area (TPSA) is 55.1 Å². The normalized spacial score (nSPS) is 27.0. The molecule has 1 aromatic carbocycles. The fourth-order valence-corrected chi connectivity index (χ4v) is 2.99. The molecule has 3 N–H and O–H groups in total. The van der Waals surface area contributed by atoms with Crippen LogP contribution in [0.2, 0.25) is 5.02 Å². The van der Waals surface area contributed by atoms with Gasteiger partial charge in [0.25, 0.3) is 0 Å². The highest BCUT2D eigenvalue weighted by Crippen LogP contribution is 2.31. The minimum absolute atomic E-state index is 0.373. The van der Waals surface area contributed by atoms with Crippen molar-refractivity contribution in [1.29, 1.82) is 0 Å². The van der Waals surface area contributed by atoms with Gasteiger partial charge in [-0.3, -0.25) is 4.79 Å². The Bertz CT molecular complexity index is 475. The Morgan fingerprint density at radius 2 is 2.05 bits per heavy atom. The zero-order chi connectivity index (χ0) is 14.0. The minimum Gasteiger partial charge on any atom is -0.382 e. The number of primary amides is 1. The average molecular weight is 281 g/mol. The Kier molecular flexibility index (Phi) is 4.35. The third-order valence-electron chi connectivity index (χ3n) is 4.20. The van der Waals surface area contributed by atoms with Crippen LogP contribution in [0.3, 0.4) is 0 Å². The molecule has 0 aromatic heterocycles. The first-order valence-electron chi connectivity index (χ1n) is 6.83. The van der Waals surface area contributed by atoms with Crippen LogP contribution in [0, 0.1) is 11.8 Å². The summed E-state index contributed by atoms with van der Waals surface area (Å²) in [6.45, 7) is 4.63. The Hall–Kier alpha value is -1.22. The van der Waals surface area contributed by atoms with E-state index in [4.69, 9.17) is 17.3 Å². The lowest BCUT2D eigenvalue weighted by Gasteiger charge is -2.33. The number of nitrogens with two attached hydrogens (primary N) is 1. The number of nitrogens with one attached hydrogen (secondary N) is 1. The molecular formula is C15H21ClN2O. The standard InChI is InChI=1S/C15H21ClN2O/c1-9-3-4-11(7-10(9)2)18-12-5-6-13(15(17)19)14(16)8-12/h5-6,8-11,18H,3-4,7H2,1-2H3,(H2,17,19). The van der Waals surface area contributed by atoms with Gasteiger partial charge in [0, 0.05) is 11.7 Å². The number of hydrogen-bond acceptors (Lipinski definition) is 2. The van der Waals surface area contributed by atoms with Crippen molar-refractivity contribution in [2.75, 3.05) is 5.32 Å². The minimum atomic E-state index is -0.489. The fourth-order valence-electron chi connectivity index (χ4n) is 2.72. The van der Waals surface area contributed by atoms with Crippen molar-refractivity contribution in [3.63, 3.8) is 0 Å². The summed E-state index contributed by atoms with van der Waals surface area (Å²) in [4.78, 5) is 11.1. The second kappa shape index (κ2) is 5.83. The van der Waals surface area contributed by atoms with Gasteiger partial charge in [0.05, 0.1) is 10.6 Å². The van der Waals surface area contributed by atoms with Gasteiger partial charge in [-0.05, 0) is 49.3 Å². The maximum absolute atomic E-state index is 11.1. The van der Waals surface area contributed by atoms with E-state index < -0.39 is 5.91 Å². The van der Waals surface area contributed by atoms with E-state index in [1.54, 1.807) is 12.1 Å². The van der Waals surface area contributed by atoms with E-state index in [2.05, 4.69) is 19.2 Å². The maximum Gasteiger partial charge on any atom is 0.250 e. The van der Waals surface area contributed by atoms with E-state index in [1.807, 2.05) is 6.07 Å². The Labute approximate surface area is 119 Å². The predicted molar refractivity (Wildman–Crippen MR) is 79.6 cm³/mol. The molecule has 0 saturated heterocycles. The van der Waals surface area contributed by atoms with Gasteiger partial charge in [-0.2, -0.15) is 0 Å². The van der Waals surface area contributed by atoms with Crippen LogP contribution in [0.4, 0.5) is 5.69 Å². The Morgan fingerprint density at radius 3 is 2.63 bits per heavy atom. The van der Waals surface area contributed by atoms with E-state index >= 15 is 0 Å². The third-order valence-corrected chi connectivity index (χ3v) is 4.52. The maximum atomic E-state index is 11.1. The molecule has 0 radical (unpaired) electrons. The van der Waals surface area contributed by atoms with Gasteiger partial charge in [-0.15, -0.1) is 0 Å². The average Bonchev–Trinajstić information content (AvgIpc) is 2.33. The lowest BCUT2D eigenvalue weighted by Crippen LogP contribution is -2.30. The van der Waals surface area contributed by atoms with Gasteiger partial charge >= 0.3 is 0 Å². The first-order valence-corrected chi connectivity index (χ1v) is 7.21. The van der Waals surface area contributed by atoms with Crippen molar-refractivity contribution in [3.8, 4) is 0 Å². The summed E-state index contributed by atoms with van der Waals surface area (Å²) in [5.41, 5.74) is 6.57. The smallest absolute Gasteiger partial charge is 0.250 e. The summed E-state index contributed by atoms with van der Waals surface area (Å²) in [5, 5.41) is 3.91. The molecule has 3 atom stereocenters. The molecule has 0 heterocycles. The zero-order valence-corrected chi connectivity index (χ0v) is 12.2. The second-order valence-corrected chi connectivity index (χ2v) is 6.07. The fraction of sp³-hybridized carbons (Fsp3) is 0.533. The van der Waals surface area contributed by atoms with Crippen LogP contribution in [0.15, 0.2) is 18.2 Å². The molecule has 0 spiro atoms. The number of halogens is 1. The van der Waals surface area contributed by atoms with Crippen LogP contribution in [0.5, 0.6) is 0 Å². The van der Waals surface area contributed by atoms with Gasteiger partial charge in [-0.25, -0.2) is 0 Å². The molecule has 0 aliphatic heterocycles. The van der Waals surface area contributed by atoms with Gasteiger partial charge in [0.2, 0.25) is 5.91 Å². The van der Waals surface area contributed by atoms with E-state index in [-0.39, 0.29) is 0 Å². The van der Waals surface area contributed by atoms with Gasteiger partial charge < -0.3 is 11.1 Å². The predicted octanol–water partition coefficient (Wildman–Crippen LogP) is 3.68. The molecule has 1 saturated carbocycles. The zero-order valence-electron chi connectivity index (χ0n) is 11.4. The molecule has 1 amide bonds. The Balaban J connectivity index is 2.04. The summed E-state index contributed by atoms with van der Waals surface area (Å²) in [6.07, 6.45) is 3.61. The molecule has 1 aliphatic rings. The number of benzene rings is 1. The van der Waals surface area contributed by atoms with Crippen molar-refractivity contribution in [2.24, 2.45) is 17.6 Å². The highest BCUT2D eigenvalue weighted by atomic mass is 35.5. The van der Waals surface area contributed by atoms with Gasteiger partial charge in [0.15, 0.2) is 0 Å². The van der Waals surface area contributed by atoms with E-state index in [9.17, 15) is 4.79 Å². The third kappa shape index (κ3) is 3.41.